The summed E-state index contributed by atoms with van der Waals surface area (Å²) >= 11 is 7.21. The van der Waals surface area contributed by atoms with Gasteiger partial charge in [0.25, 0.3) is 11.1 Å². The van der Waals surface area contributed by atoms with Crippen molar-refractivity contribution in [2.75, 3.05) is 0 Å². The predicted molar refractivity (Wildman–Crippen MR) is 124 cm³/mol. The number of halogens is 2. The van der Waals surface area contributed by atoms with Crippen molar-refractivity contribution < 1.29 is 4.39 Å². The molecule has 0 radical (unpaired) electrons. The van der Waals surface area contributed by atoms with Gasteiger partial charge < -0.3 is 4.98 Å². The van der Waals surface area contributed by atoms with Crippen LogP contribution < -0.4 is 11.1 Å². The zero-order valence-corrected chi connectivity index (χ0v) is 18.0. The largest absolute Gasteiger partial charge is 0.309 e. The highest BCUT2D eigenvalue weighted by Gasteiger charge is 2.16. The van der Waals surface area contributed by atoms with Crippen LogP contribution in [0.4, 0.5) is 4.39 Å². The Morgan fingerprint density at radius 3 is 2.56 bits per heavy atom. The van der Waals surface area contributed by atoms with Crippen LogP contribution in [0.3, 0.4) is 0 Å². The molecule has 0 spiro atoms. The minimum atomic E-state index is -0.541. The highest BCUT2D eigenvalue weighted by Crippen LogP contribution is 2.25. The van der Waals surface area contributed by atoms with E-state index < -0.39 is 5.82 Å². The molecule has 5 rings (SSSR count). The number of thioether (sulfide) groups is 1. The Labute approximate surface area is 189 Å². The van der Waals surface area contributed by atoms with Gasteiger partial charge in [-0.15, -0.1) is 0 Å². The summed E-state index contributed by atoms with van der Waals surface area (Å²) in [4.78, 5) is 37.4. The van der Waals surface area contributed by atoms with Crippen molar-refractivity contribution in [1.82, 2.24) is 19.5 Å². The first kappa shape index (κ1) is 20.4. The summed E-state index contributed by atoms with van der Waals surface area (Å²) in [5, 5.41) is 1.56. The summed E-state index contributed by atoms with van der Waals surface area (Å²) in [6, 6.07) is 17.8. The van der Waals surface area contributed by atoms with Crippen LogP contribution in [0.15, 0.2) is 81.5 Å². The van der Waals surface area contributed by atoms with Crippen molar-refractivity contribution in [3.63, 3.8) is 0 Å². The number of aromatic amines is 1. The average Bonchev–Trinajstić information content (AvgIpc) is 2.78. The molecular formula is C23H14ClFN4O2S. The maximum absolute atomic E-state index is 14.6. The van der Waals surface area contributed by atoms with Gasteiger partial charge in [-0.3, -0.25) is 14.2 Å². The summed E-state index contributed by atoms with van der Waals surface area (Å²) in [5.41, 5.74) is 0.398. The van der Waals surface area contributed by atoms with E-state index in [4.69, 9.17) is 11.6 Å². The second-order valence-corrected chi connectivity index (χ2v) is 8.35. The Morgan fingerprint density at radius 2 is 1.72 bits per heavy atom. The quantitative estimate of drug-likeness (QED) is 0.308. The van der Waals surface area contributed by atoms with Crippen molar-refractivity contribution in [2.45, 2.75) is 10.9 Å². The number of fused-ring (bicyclic) bond motifs is 2. The third kappa shape index (κ3) is 3.68. The van der Waals surface area contributed by atoms with Crippen LogP contribution in [0.1, 0.15) is 5.82 Å². The molecule has 0 saturated carbocycles. The SMILES string of the molecule is O=c1[nH]c(CSc2nc3ccccc3c(=O)n2-c2ccccc2F)nc2cc(Cl)ccc12. The lowest BCUT2D eigenvalue weighted by Gasteiger charge is -2.13. The number of nitrogens with zero attached hydrogens (tertiary/aromatic N) is 3. The Balaban J connectivity index is 1.62. The van der Waals surface area contributed by atoms with Crippen LogP contribution in [0.25, 0.3) is 27.5 Å². The molecule has 32 heavy (non-hydrogen) atoms. The standard InChI is InChI=1S/C23H14ClFN4O2S/c24-13-9-10-14-18(11-13)26-20(28-21(14)30)12-32-23-27-17-7-3-1-5-15(17)22(31)29(23)19-8-4-2-6-16(19)25/h1-11H,12H2,(H,26,28,30). The Hall–Kier alpha value is -3.49. The number of benzene rings is 3. The first-order valence-electron chi connectivity index (χ1n) is 9.59. The third-order valence-electron chi connectivity index (χ3n) is 4.89. The molecular weight excluding hydrogens is 451 g/mol. The van der Waals surface area contributed by atoms with Crippen molar-refractivity contribution >= 4 is 45.2 Å². The van der Waals surface area contributed by atoms with Crippen LogP contribution >= 0.6 is 23.4 Å². The van der Waals surface area contributed by atoms with E-state index in [1.807, 2.05) is 0 Å². The van der Waals surface area contributed by atoms with Crippen molar-refractivity contribution in [3.05, 3.63) is 104 Å². The number of nitrogens with one attached hydrogen (secondary N) is 1. The monoisotopic (exact) mass is 464 g/mol. The zero-order valence-electron chi connectivity index (χ0n) is 16.4. The molecule has 0 atom stereocenters. The van der Waals surface area contributed by atoms with Gasteiger partial charge in [0, 0.05) is 5.02 Å². The normalized spacial score (nSPS) is 11.3. The van der Waals surface area contributed by atoms with Gasteiger partial charge in [-0.25, -0.2) is 14.4 Å². The molecule has 0 saturated heterocycles. The van der Waals surface area contributed by atoms with Gasteiger partial charge in [-0.1, -0.05) is 47.6 Å². The lowest BCUT2D eigenvalue weighted by Crippen LogP contribution is -2.22. The first-order valence-corrected chi connectivity index (χ1v) is 11.0. The number of H-pyrrole nitrogens is 1. The van der Waals surface area contributed by atoms with Gasteiger partial charge >= 0.3 is 0 Å². The number of rotatable bonds is 4. The van der Waals surface area contributed by atoms with Crippen LogP contribution in [0, 0.1) is 5.82 Å². The highest BCUT2D eigenvalue weighted by molar-refractivity contribution is 7.98. The van der Waals surface area contributed by atoms with E-state index >= 15 is 0 Å². The molecule has 2 aromatic heterocycles. The lowest BCUT2D eigenvalue weighted by molar-refractivity contribution is 0.608. The number of aromatic nitrogens is 4. The number of hydrogen-bond acceptors (Lipinski definition) is 5. The fourth-order valence-electron chi connectivity index (χ4n) is 3.42. The van der Waals surface area contributed by atoms with E-state index in [0.29, 0.717) is 32.7 Å². The molecule has 5 aromatic rings. The lowest BCUT2D eigenvalue weighted by atomic mass is 10.2. The Morgan fingerprint density at radius 1 is 0.938 bits per heavy atom. The maximum atomic E-state index is 14.6. The van der Waals surface area contributed by atoms with Gasteiger partial charge in [0.05, 0.1) is 33.2 Å². The number of para-hydroxylation sites is 2. The van der Waals surface area contributed by atoms with Gasteiger partial charge in [-0.2, -0.15) is 0 Å². The minimum absolute atomic E-state index is 0.102. The van der Waals surface area contributed by atoms with Crippen molar-refractivity contribution in [3.8, 4) is 5.69 Å². The molecule has 0 aliphatic heterocycles. The molecule has 2 heterocycles. The summed E-state index contributed by atoms with van der Waals surface area (Å²) in [5.74, 6) is 0.0503. The van der Waals surface area contributed by atoms with Crippen molar-refractivity contribution in [2.24, 2.45) is 0 Å². The second-order valence-electron chi connectivity index (χ2n) is 6.97. The van der Waals surface area contributed by atoms with Gasteiger partial charge in [0.1, 0.15) is 11.6 Å². The molecule has 9 heteroatoms. The van der Waals surface area contributed by atoms with Crippen LogP contribution in [0.5, 0.6) is 0 Å². The topological polar surface area (TPSA) is 80.6 Å². The van der Waals surface area contributed by atoms with Gasteiger partial charge in [-0.05, 0) is 42.5 Å². The van der Waals surface area contributed by atoms with E-state index in [1.54, 1.807) is 54.6 Å². The van der Waals surface area contributed by atoms with Crippen LogP contribution in [0.2, 0.25) is 5.02 Å². The van der Waals surface area contributed by atoms with Crippen LogP contribution in [-0.2, 0) is 5.75 Å². The Kier molecular flexibility index (Phi) is 5.24. The van der Waals surface area contributed by atoms with Gasteiger partial charge in [0.15, 0.2) is 5.16 Å². The Bertz CT molecular complexity index is 1620. The second kappa shape index (κ2) is 8.22. The van der Waals surface area contributed by atoms with E-state index in [2.05, 4.69) is 15.0 Å². The smallest absolute Gasteiger partial charge is 0.266 e. The highest BCUT2D eigenvalue weighted by atomic mass is 35.5. The summed E-state index contributed by atoms with van der Waals surface area (Å²) in [6.45, 7) is 0. The molecule has 158 valence electrons. The average molecular weight is 465 g/mol. The maximum Gasteiger partial charge on any atom is 0.266 e. The summed E-state index contributed by atoms with van der Waals surface area (Å²) in [7, 11) is 0. The predicted octanol–water partition coefficient (Wildman–Crippen LogP) is 4.71. The first-order chi connectivity index (χ1) is 15.5. The summed E-state index contributed by atoms with van der Waals surface area (Å²) in [6.07, 6.45) is 0. The number of hydrogen-bond donors (Lipinski definition) is 1. The van der Waals surface area contributed by atoms with E-state index in [0.717, 1.165) is 0 Å². The van der Waals surface area contributed by atoms with E-state index in [9.17, 15) is 14.0 Å². The van der Waals surface area contributed by atoms with E-state index in [-0.39, 0.29) is 27.7 Å². The van der Waals surface area contributed by atoms with Crippen molar-refractivity contribution in [1.29, 1.82) is 0 Å². The molecule has 0 fully saturated rings. The molecule has 0 unspecified atom stereocenters. The molecule has 1 N–H and O–H groups in total. The fraction of sp³-hybridized carbons (Fsp3) is 0.0435. The fourth-order valence-corrected chi connectivity index (χ4v) is 4.46. The molecule has 0 bridgehead atoms. The minimum Gasteiger partial charge on any atom is -0.309 e. The molecule has 6 nitrogen and oxygen atoms in total. The zero-order chi connectivity index (χ0) is 22.2. The molecule has 0 aliphatic carbocycles. The molecule has 0 amide bonds. The summed E-state index contributed by atoms with van der Waals surface area (Å²) < 4.78 is 15.8. The van der Waals surface area contributed by atoms with Crippen LogP contribution in [-0.4, -0.2) is 19.5 Å². The van der Waals surface area contributed by atoms with Gasteiger partial charge in [0.2, 0.25) is 0 Å². The third-order valence-corrected chi connectivity index (χ3v) is 6.08. The molecule has 0 aliphatic rings. The molecule has 3 aromatic carbocycles. The van der Waals surface area contributed by atoms with E-state index in [1.165, 1.54) is 28.5 Å².